The van der Waals surface area contributed by atoms with E-state index in [1.165, 1.54) is 22.4 Å². The van der Waals surface area contributed by atoms with Crippen molar-refractivity contribution in [3.63, 3.8) is 0 Å². The Morgan fingerprint density at radius 2 is 1.24 bits per heavy atom. The number of halogens is 4. The van der Waals surface area contributed by atoms with E-state index in [1.54, 1.807) is 0 Å². The predicted molar refractivity (Wildman–Crippen MR) is 136 cm³/mol. The minimum absolute atomic E-state index is 0.650. The third-order valence-corrected chi connectivity index (χ3v) is 4.81. The Balaban J connectivity index is 0.00000104. The number of nitrogens with zero attached hydrogens (tertiary/aromatic N) is 1. The Morgan fingerprint density at radius 1 is 0.765 bits per heavy atom. The molecular weight excluding hydrogens is 441 g/mol. The Labute approximate surface area is 201 Å². The minimum Gasteiger partial charge on any atom is -0.493 e. The van der Waals surface area contributed by atoms with Gasteiger partial charge in [0.1, 0.15) is 18.8 Å². The molecule has 0 amide bonds. The molecule has 0 radical (unpaired) electrons. The number of benzene rings is 2. The van der Waals surface area contributed by atoms with Gasteiger partial charge in [-0.3, -0.25) is 0 Å². The van der Waals surface area contributed by atoms with Crippen LogP contribution in [0.5, 0.6) is 0 Å². The molecule has 7 heteroatoms. The number of ether oxygens (including phenoxy) is 1. The molecule has 2 rings (SSSR count). The predicted octanol–water partition coefficient (Wildman–Crippen LogP) is 7.63. The molecule has 0 atom stereocenters. The molecule has 2 aromatic rings. The summed E-state index contributed by atoms with van der Waals surface area (Å²) in [7, 11) is -6.00. The van der Waals surface area contributed by atoms with Crippen molar-refractivity contribution in [3.8, 4) is 0 Å². The molecule has 0 aliphatic carbocycles. The molecule has 2 aromatic carbocycles. The van der Waals surface area contributed by atoms with Crippen LogP contribution in [0.3, 0.4) is 0 Å². The summed E-state index contributed by atoms with van der Waals surface area (Å²) < 4.78 is 47.2. The summed E-state index contributed by atoms with van der Waals surface area (Å²) in [6, 6.07) is 17.1. The molecule has 2 nitrogen and oxygen atoms in total. The lowest BCUT2D eigenvalue weighted by Gasteiger charge is -2.08. The summed E-state index contributed by atoms with van der Waals surface area (Å²) in [6.07, 6.45) is 10.4. The van der Waals surface area contributed by atoms with Gasteiger partial charge in [0.15, 0.2) is 0 Å². The summed E-state index contributed by atoms with van der Waals surface area (Å²) in [5, 5.41) is 0. The third kappa shape index (κ3) is 11.7. The molecule has 0 spiro atoms. The van der Waals surface area contributed by atoms with E-state index in [0.717, 1.165) is 24.4 Å². The number of hydrogen-bond donors (Lipinski definition) is 0. The lowest BCUT2D eigenvalue weighted by Crippen LogP contribution is -2.20. The van der Waals surface area contributed by atoms with E-state index in [4.69, 9.17) is 4.74 Å². The van der Waals surface area contributed by atoms with Crippen molar-refractivity contribution < 1.29 is 26.6 Å². The maximum absolute atomic E-state index is 9.75. The first-order chi connectivity index (χ1) is 16.1. The van der Waals surface area contributed by atoms with Crippen LogP contribution in [-0.2, 0) is 4.74 Å². The van der Waals surface area contributed by atoms with Crippen LogP contribution >= 0.6 is 0 Å². The molecule has 0 saturated carbocycles. The largest absolute Gasteiger partial charge is 0.673 e. The van der Waals surface area contributed by atoms with Gasteiger partial charge in [0, 0.05) is 17.2 Å². The van der Waals surface area contributed by atoms with Crippen molar-refractivity contribution in [2.24, 2.45) is 0 Å². The zero-order valence-corrected chi connectivity index (χ0v) is 20.6. The molecule has 34 heavy (non-hydrogen) atoms. The fourth-order valence-corrected chi connectivity index (χ4v) is 3.13. The van der Waals surface area contributed by atoms with Crippen LogP contribution in [-0.4, -0.2) is 37.2 Å². The average Bonchev–Trinajstić information content (AvgIpc) is 2.78. The van der Waals surface area contributed by atoms with Crippen molar-refractivity contribution in [1.82, 2.24) is 0 Å². The number of allylic oxidation sites excluding steroid dienone is 5. The molecule has 0 N–H and O–H groups in total. The summed E-state index contributed by atoms with van der Waals surface area (Å²) >= 11 is 0. The topological polar surface area (TPSA) is 12.2 Å². The van der Waals surface area contributed by atoms with Crippen LogP contribution in [0.1, 0.15) is 43.0 Å². The lowest BCUT2D eigenvalue weighted by atomic mass is 10.1. The first kappa shape index (κ1) is 28.9. The fraction of sp³-hybridized carbons (Fsp3) is 0.296. The molecule has 0 aromatic heterocycles. The van der Waals surface area contributed by atoms with Gasteiger partial charge in [-0.2, -0.15) is 0 Å². The Hall–Kier alpha value is -3.09. The summed E-state index contributed by atoms with van der Waals surface area (Å²) in [6.45, 7) is 13.2. The van der Waals surface area contributed by atoms with E-state index in [9.17, 15) is 17.3 Å². The molecule has 0 unspecified atom stereocenters. The van der Waals surface area contributed by atoms with Gasteiger partial charge in [-0.15, -0.1) is 0 Å². The molecule has 0 saturated heterocycles. The summed E-state index contributed by atoms with van der Waals surface area (Å²) in [5.41, 5.74) is 6.11. The summed E-state index contributed by atoms with van der Waals surface area (Å²) in [5.74, 6) is 0.892. The highest BCUT2D eigenvalue weighted by Gasteiger charge is 2.20. The molecule has 0 heterocycles. The molecular formula is C27H34BF4NO. The normalized spacial score (nSPS) is 12.0. The molecule has 0 fully saturated rings. The standard InChI is InChI=1S/C27H34NO.BF4/c1-6-28(7-2)26(24-18-14-22(4)15-19-24)12-10-9-11-13-27(29-8-3)25-20-16-23(5)17-21-25;2-1(3,4)5/h9-21H,6-8H2,1-5H3;/q+1;-1/b11-9+,12-10+,27-13-;. The van der Waals surface area contributed by atoms with E-state index < -0.39 is 7.25 Å². The fourth-order valence-electron chi connectivity index (χ4n) is 3.13. The van der Waals surface area contributed by atoms with Crippen LogP contribution in [0.25, 0.3) is 5.76 Å². The zero-order valence-electron chi connectivity index (χ0n) is 20.6. The first-order valence-electron chi connectivity index (χ1n) is 11.4. The van der Waals surface area contributed by atoms with Gasteiger partial charge in [-0.25, -0.2) is 4.58 Å². The number of hydrogen-bond acceptors (Lipinski definition) is 1. The number of rotatable bonds is 9. The van der Waals surface area contributed by atoms with Crippen LogP contribution < -0.4 is 0 Å². The second-order valence-electron chi connectivity index (χ2n) is 7.49. The summed E-state index contributed by atoms with van der Waals surface area (Å²) in [4.78, 5) is 0. The van der Waals surface area contributed by atoms with E-state index in [-0.39, 0.29) is 0 Å². The van der Waals surface area contributed by atoms with Gasteiger partial charge in [-0.05, 0) is 52.8 Å². The quantitative estimate of drug-likeness (QED) is 0.0907. The van der Waals surface area contributed by atoms with Crippen molar-refractivity contribution in [2.75, 3.05) is 19.7 Å². The van der Waals surface area contributed by atoms with Gasteiger partial charge in [0.2, 0.25) is 5.71 Å². The van der Waals surface area contributed by atoms with Crippen molar-refractivity contribution in [2.45, 2.75) is 34.6 Å². The third-order valence-electron chi connectivity index (χ3n) is 4.81. The van der Waals surface area contributed by atoms with Gasteiger partial charge < -0.3 is 22.0 Å². The average molecular weight is 475 g/mol. The van der Waals surface area contributed by atoms with Crippen molar-refractivity contribution in [1.29, 1.82) is 0 Å². The second kappa shape index (κ2) is 14.9. The Morgan fingerprint density at radius 3 is 1.68 bits per heavy atom. The van der Waals surface area contributed by atoms with Gasteiger partial charge in [0.25, 0.3) is 0 Å². The molecule has 0 aliphatic heterocycles. The van der Waals surface area contributed by atoms with Crippen molar-refractivity contribution >= 4 is 18.7 Å². The zero-order chi connectivity index (χ0) is 25.6. The second-order valence-corrected chi connectivity index (χ2v) is 7.49. The van der Waals surface area contributed by atoms with Crippen molar-refractivity contribution in [3.05, 3.63) is 101 Å². The van der Waals surface area contributed by atoms with Crippen LogP contribution in [0.15, 0.2) is 78.9 Å². The highest BCUT2D eigenvalue weighted by atomic mass is 19.5. The first-order valence-corrected chi connectivity index (χ1v) is 11.4. The SMILES string of the molecule is CCO\C(=C/C=C/C=C/C(c1ccc(C)cc1)=[N+](CC)CC)c1ccc(C)cc1.F[B-](F)(F)F. The van der Waals surface area contributed by atoms with Crippen LogP contribution in [0.4, 0.5) is 17.3 Å². The maximum Gasteiger partial charge on any atom is 0.673 e. The minimum atomic E-state index is -6.00. The molecule has 0 aliphatic rings. The number of aryl methyl sites for hydroxylation is 2. The van der Waals surface area contributed by atoms with Gasteiger partial charge >= 0.3 is 7.25 Å². The van der Waals surface area contributed by atoms with E-state index in [1.807, 2.05) is 19.1 Å². The molecule has 184 valence electrons. The van der Waals surface area contributed by atoms with E-state index in [0.29, 0.717) is 6.61 Å². The van der Waals surface area contributed by atoms with Crippen LogP contribution in [0.2, 0.25) is 0 Å². The highest BCUT2D eigenvalue weighted by molar-refractivity contribution is 6.50. The van der Waals surface area contributed by atoms with Gasteiger partial charge in [0.05, 0.1) is 6.61 Å². The monoisotopic (exact) mass is 475 g/mol. The van der Waals surface area contributed by atoms with E-state index >= 15 is 0 Å². The highest BCUT2D eigenvalue weighted by Crippen LogP contribution is 2.17. The Kier molecular flexibility index (Phi) is 12.7. The Bertz CT molecular complexity index is 977. The lowest BCUT2D eigenvalue weighted by molar-refractivity contribution is -0.519. The van der Waals surface area contributed by atoms with E-state index in [2.05, 4.69) is 99.0 Å². The van der Waals surface area contributed by atoms with Gasteiger partial charge in [-0.1, -0.05) is 65.8 Å². The smallest absolute Gasteiger partial charge is 0.493 e. The molecule has 0 bridgehead atoms. The van der Waals surface area contributed by atoms with Crippen LogP contribution in [0, 0.1) is 13.8 Å². The maximum atomic E-state index is 9.75.